The quantitative estimate of drug-likeness (QED) is 0.611. The Balaban J connectivity index is 1.37. The van der Waals surface area contributed by atoms with Crippen molar-refractivity contribution in [3.8, 4) is 17.6 Å². The number of hydrogen-bond donors (Lipinski definition) is 2. The second kappa shape index (κ2) is 7.56. The first-order chi connectivity index (χ1) is 13.5. The number of rotatable bonds is 5. The first-order valence-corrected chi connectivity index (χ1v) is 9.32. The van der Waals surface area contributed by atoms with E-state index in [1.54, 1.807) is 24.3 Å². The van der Waals surface area contributed by atoms with Gasteiger partial charge in [0.25, 0.3) is 5.95 Å². The number of benzene rings is 1. The molecule has 4 atom stereocenters. The lowest BCUT2D eigenvalue weighted by atomic mass is 9.90. The van der Waals surface area contributed by atoms with Crippen molar-refractivity contribution in [3.05, 3.63) is 53.6 Å². The molecular formula is C21H20FN3O3. The highest BCUT2D eigenvalue weighted by atomic mass is 19.1. The Morgan fingerprint density at radius 2 is 2.07 bits per heavy atom. The van der Waals surface area contributed by atoms with Crippen LogP contribution in [0.1, 0.15) is 35.3 Å². The highest BCUT2D eigenvalue weighted by Crippen LogP contribution is 2.41. The number of ether oxygens (including phenoxy) is 1. The number of halogens is 1. The molecule has 2 aliphatic rings. The first kappa shape index (κ1) is 18.4. The van der Waals surface area contributed by atoms with Crippen molar-refractivity contribution in [1.82, 2.24) is 10.3 Å². The van der Waals surface area contributed by atoms with E-state index in [9.17, 15) is 14.3 Å². The van der Waals surface area contributed by atoms with Crippen LogP contribution in [0.4, 0.5) is 4.39 Å². The predicted octanol–water partition coefficient (Wildman–Crippen LogP) is 2.82. The van der Waals surface area contributed by atoms with Gasteiger partial charge >= 0.3 is 0 Å². The SMILES string of the molecule is N#Cc1ccc(O[C@H]2C[C@@H]3CN[C@@H](CC(=O)c4ccc(O)c(F)n4)[C@H]3C2)cc1. The van der Waals surface area contributed by atoms with E-state index in [2.05, 4.69) is 16.4 Å². The van der Waals surface area contributed by atoms with Gasteiger partial charge in [0.05, 0.1) is 17.7 Å². The van der Waals surface area contributed by atoms with Gasteiger partial charge in [-0.1, -0.05) is 0 Å². The van der Waals surface area contributed by atoms with Crippen molar-refractivity contribution in [2.75, 3.05) is 6.54 Å². The van der Waals surface area contributed by atoms with Crippen LogP contribution in [-0.4, -0.2) is 34.6 Å². The summed E-state index contributed by atoms with van der Waals surface area (Å²) in [6, 6.07) is 11.7. The van der Waals surface area contributed by atoms with Crippen molar-refractivity contribution in [2.24, 2.45) is 11.8 Å². The number of aromatic nitrogens is 1. The van der Waals surface area contributed by atoms with Crippen molar-refractivity contribution in [1.29, 1.82) is 5.26 Å². The summed E-state index contributed by atoms with van der Waals surface area (Å²) in [4.78, 5) is 16.0. The minimum Gasteiger partial charge on any atom is -0.504 e. The molecule has 0 radical (unpaired) electrons. The third kappa shape index (κ3) is 3.69. The van der Waals surface area contributed by atoms with Gasteiger partial charge in [-0.05, 0) is 67.6 Å². The van der Waals surface area contributed by atoms with Gasteiger partial charge in [-0.25, -0.2) is 4.98 Å². The third-order valence-corrected chi connectivity index (χ3v) is 5.67. The zero-order chi connectivity index (χ0) is 19.7. The smallest absolute Gasteiger partial charge is 0.255 e. The first-order valence-electron chi connectivity index (χ1n) is 9.32. The van der Waals surface area contributed by atoms with E-state index in [1.165, 1.54) is 6.07 Å². The lowest BCUT2D eigenvalue weighted by molar-refractivity contribution is 0.0954. The van der Waals surface area contributed by atoms with E-state index in [0.29, 0.717) is 17.4 Å². The zero-order valence-electron chi connectivity index (χ0n) is 15.1. The van der Waals surface area contributed by atoms with Crippen LogP contribution in [0.5, 0.6) is 11.5 Å². The Bertz CT molecular complexity index is 925. The monoisotopic (exact) mass is 381 g/mol. The van der Waals surface area contributed by atoms with E-state index < -0.39 is 11.7 Å². The molecule has 7 heteroatoms. The molecule has 1 saturated heterocycles. The molecule has 6 nitrogen and oxygen atoms in total. The number of nitriles is 1. The molecule has 2 N–H and O–H groups in total. The van der Waals surface area contributed by atoms with Crippen LogP contribution in [0.3, 0.4) is 0 Å². The summed E-state index contributed by atoms with van der Waals surface area (Å²) in [5, 5.41) is 21.5. The maximum Gasteiger partial charge on any atom is 0.255 e. The highest BCUT2D eigenvalue weighted by Gasteiger charge is 2.44. The van der Waals surface area contributed by atoms with E-state index in [0.717, 1.165) is 31.2 Å². The molecule has 28 heavy (non-hydrogen) atoms. The summed E-state index contributed by atoms with van der Waals surface area (Å²) in [5.41, 5.74) is 0.627. The second-order valence-electron chi connectivity index (χ2n) is 7.42. The van der Waals surface area contributed by atoms with E-state index in [4.69, 9.17) is 10.00 Å². The lowest BCUT2D eigenvalue weighted by Gasteiger charge is -2.19. The van der Waals surface area contributed by atoms with E-state index in [-0.39, 0.29) is 30.0 Å². The van der Waals surface area contributed by atoms with Crippen LogP contribution in [0, 0.1) is 29.1 Å². The summed E-state index contributed by atoms with van der Waals surface area (Å²) in [5.74, 6) is -0.337. The number of hydrogen-bond acceptors (Lipinski definition) is 6. The predicted molar refractivity (Wildman–Crippen MR) is 98.4 cm³/mol. The van der Waals surface area contributed by atoms with Crippen LogP contribution in [0.25, 0.3) is 0 Å². The van der Waals surface area contributed by atoms with Crippen molar-refractivity contribution >= 4 is 5.78 Å². The summed E-state index contributed by atoms with van der Waals surface area (Å²) in [7, 11) is 0. The topological polar surface area (TPSA) is 95.2 Å². The van der Waals surface area contributed by atoms with Crippen LogP contribution in [0.2, 0.25) is 0 Å². The molecule has 144 valence electrons. The highest BCUT2D eigenvalue weighted by molar-refractivity contribution is 5.94. The number of aromatic hydroxyl groups is 1. The zero-order valence-corrected chi connectivity index (χ0v) is 15.1. The summed E-state index contributed by atoms with van der Waals surface area (Å²) in [6.07, 6.45) is 2.07. The van der Waals surface area contributed by atoms with Gasteiger partial charge in [-0.15, -0.1) is 0 Å². The number of Topliss-reactive ketones (excluding diaryl/α,β-unsaturated/α-hetero) is 1. The Morgan fingerprint density at radius 1 is 1.29 bits per heavy atom. The Kier molecular flexibility index (Phi) is 4.97. The number of fused-ring (bicyclic) bond motifs is 1. The Hall–Kier alpha value is -2.98. The lowest BCUT2D eigenvalue weighted by Crippen LogP contribution is -2.31. The molecule has 0 unspecified atom stereocenters. The van der Waals surface area contributed by atoms with Gasteiger partial charge < -0.3 is 15.2 Å². The van der Waals surface area contributed by atoms with Crippen molar-refractivity contribution in [3.63, 3.8) is 0 Å². The van der Waals surface area contributed by atoms with Gasteiger partial charge in [0.2, 0.25) is 0 Å². The Morgan fingerprint density at radius 3 is 2.79 bits per heavy atom. The molecule has 4 rings (SSSR count). The number of pyridine rings is 1. The summed E-state index contributed by atoms with van der Waals surface area (Å²) < 4.78 is 19.5. The number of carbonyl (C=O) groups is 1. The summed E-state index contributed by atoms with van der Waals surface area (Å²) >= 11 is 0. The third-order valence-electron chi connectivity index (χ3n) is 5.67. The molecule has 0 bridgehead atoms. The maximum absolute atomic E-state index is 13.4. The molecule has 1 aliphatic carbocycles. The molecule has 2 aromatic rings. The molecule has 2 heterocycles. The normalized spacial score (nSPS) is 25.9. The van der Waals surface area contributed by atoms with Gasteiger partial charge in [0, 0.05) is 12.5 Å². The van der Waals surface area contributed by atoms with Crippen molar-refractivity contribution < 1.29 is 19.0 Å². The molecule has 1 aromatic heterocycles. The van der Waals surface area contributed by atoms with Crippen LogP contribution < -0.4 is 10.1 Å². The van der Waals surface area contributed by atoms with E-state index >= 15 is 0 Å². The minimum absolute atomic E-state index is 0.00530. The van der Waals surface area contributed by atoms with Gasteiger partial charge in [-0.2, -0.15) is 9.65 Å². The largest absolute Gasteiger partial charge is 0.504 e. The molecule has 0 spiro atoms. The van der Waals surface area contributed by atoms with E-state index in [1.807, 2.05) is 0 Å². The molecule has 1 aliphatic heterocycles. The second-order valence-corrected chi connectivity index (χ2v) is 7.42. The summed E-state index contributed by atoms with van der Waals surface area (Å²) in [6.45, 7) is 0.827. The number of nitrogens with one attached hydrogen (secondary N) is 1. The van der Waals surface area contributed by atoms with Crippen LogP contribution in [0.15, 0.2) is 36.4 Å². The number of nitrogens with zero attached hydrogens (tertiary/aromatic N) is 2. The maximum atomic E-state index is 13.4. The fraction of sp³-hybridized carbons (Fsp3) is 0.381. The van der Waals surface area contributed by atoms with Gasteiger partial charge in [0.1, 0.15) is 11.4 Å². The Labute approximate surface area is 162 Å². The number of ketones is 1. The fourth-order valence-electron chi connectivity index (χ4n) is 4.29. The van der Waals surface area contributed by atoms with Crippen LogP contribution in [-0.2, 0) is 0 Å². The minimum atomic E-state index is -1.03. The molecule has 2 fully saturated rings. The average Bonchev–Trinajstić information content (AvgIpc) is 3.25. The fourth-order valence-corrected chi connectivity index (χ4v) is 4.29. The van der Waals surface area contributed by atoms with Crippen molar-refractivity contribution in [2.45, 2.75) is 31.4 Å². The molecule has 1 aromatic carbocycles. The standard InChI is InChI=1S/C21H20FN3O3/c22-21-19(26)6-5-17(25-21)20(27)9-18-16-8-15(7-13(16)11-24-18)28-14-3-1-12(10-23)2-4-14/h1-6,13,15-16,18,24,26H,7-9,11H2/t13-,15+,16+,18+/m1/s1. The van der Waals surface area contributed by atoms with Crippen LogP contribution >= 0.6 is 0 Å². The van der Waals surface area contributed by atoms with Gasteiger partial charge in [-0.3, -0.25) is 4.79 Å². The number of carbonyl (C=O) groups excluding carboxylic acids is 1. The molecule has 0 amide bonds. The van der Waals surface area contributed by atoms with Gasteiger partial charge in [0.15, 0.2) is 11.5 Å². The average molecular weight is 381 g/mol. The molecule has 1 saturated carbocycles. The molecular weight excluding hydrogens is 361 g/mol.